The Morgan fingerprint density at radius 2 is 1.70 bits per heavy atom. The van der Waals surface area contributed by atoms with Gasteiger partial charge in [-0.3, -0.25) is 54.0 Å². The zero-order valence-corrected chi connectivity index (χ0v) is 32.3. The number of carbonyl (C=O) groups excluding carboxylic acids is 6. The summed E-state index contributed by atoms with van der Waals surface area (Å²) in [5.41, 5.74) is 7.18. The maximum absolute atomic E-state index is 13.6. The number of benzene rings is 2. The quantitative estimate of drug-likeness (QED) is 0.224. The monoisotopic (exact) mass is 796 g/mol. The van der Waals surface area contributed by atoms with E-state index in [1.807, 2.05) is 35.8 Å². The molecule has 2 aromatic carbocycles. The van der Waals surface area contributed by atoms with Crippen molar-refractivity contribution in [3.63, 3.8) is 0 Å². The first-order chi connectivity index (χ1) is 26.9. The Kier molecular flexibility index (Phi) is 9.76. The minimum absolute atomic E-state index is 0.00878. The lowest BCUT2D eigenvalue weighted by molar-refractivity contribution is -0.136. The molecule has 2 fully saturated rings. The number of piperidine rings is 1. The molecular weight excluding hydrogens is 760 g/mol. The number of fused-ring (bicyclic) bond motifs is 4. The van der Waals surface area contributed by atoms with E-state index < -0.39 is 35.7 Å². The lowest BCUT2D eigenvalue weighted by Gasteiger charge is -2.35. The van der Waals surface area contributed by atoms with E-state index in [9.17, 15) is 28.8 Å². The first kappa shape index (κ1) is 37.2. The number of amides is 6. The van der Waals surface area contributed by atoms with Gasteiger partial charge < -0.3 is 10.2 Å². The van der Waals surface area contributed by atoms with Gasteiger partial charge in [-0.15, -0.1) is 21.5 Å². The molecule has 2 aromatic heterocycles. The maximum Gasteiger partial charge on any atom is 0.264 e. The first-order valence-electron chi connectivity index (χ1n) is 18.2. The van der Waals surface area contributed by atoms with Gasteiger partial charge in [-0.2, -0.15) is 0 Å². The second-order valence-corrected chi connectivity index (χ2v) is 15.7. The number of hydrazine groups is 1. The number of hydrogen-bond donors (Lipinski definition) is 3. The number of halogens is 1. The molecule has 6 heterocycles. The average Bonchev–Trinajstić information content (AvgIpc) is 3.75. The number of piperazine rings is 1. The van der Waals surface area contributed by atoms with Crippen molar-refractivity contribution in [3.05, 3.63) is 91.8 Å². The van der Waals surface area contributed by atoms with Crippen LogP contribution in [0.15, 0.2) is 47.5 Å². The number of imide groups is 2. The molecular formula is C38H37ClN10O6S. The normalized spacial score (nSPS) is 19.5. The van der Waals surface area contributed by atoms with Crippen LogP contribution in [0.3, 0.4) is 0 Å². The summed E-state index contributed by atoms with van der Waals surface area (Å²) in [5, 5.41) is 17.4. The molecule has 16 nitrogen and oxygen atoms in total. The van der Waals surface area contributed by atoms with Crippen LogP contribution in [0.2, 0.25) is 5.02 Å². The van der Waals surface area contributed by atoms with Gasteiger partial charge in [0, 0.05) is 59.3 Å². The molecule has 4 aliphatic rings. The fourth-order valence-corrected chi connectivity index (χ4v) is 8.88. The van der Waals surface area contributed by atoms with Crippen LogP contribution in [-0.2, 0) is 19.2 Å². The smallest absolute Gasteiger partial charge is 0.264 e. The number of aromatic nitrogens is 3. The third-order valence-corrected chi connectivity index (χ3v) is 12.0. The van der Waals surface area contributed by atoms with Crippen LogP contribution in [0.4, 0.5) is 5.69 Å². The molecule has 2 saturated heterocycles. The van der Waals surface area contributed by atoms with Crippen molar-refractivity contribution in [2.75, 3.05) is 38.0 Å². The lowest BCUT2D eigenvalue weighted by Crippen LogP contribution is -2.55. The molecule has 1 unspecified atom stereocenters. The van der Waals surface area contributed by atoms with Crippen LogP contribution in [0, 0.1) is 20.8 Å². The Hall–Kier alpha value is -5.78. The number of aliphatic imine (C=N–C) groups is 1. The van der Waals surface area contributed by atoms with Gasteiger partial charge in [-0.1, -0.05) is 29.8 Å². The third kappa shape index (κ3) is 6.64. The second-order valence-electron chi connectivity index (χ2n) is 14.0. The number of nitrogens with zero attached hydrogens (tertiary/aromatic N) is 7. The van der Waals surface area contributed by atoms with E-state index in [0.29, 0.717) is 48.5 Å². The molecule has 2 atom stereocenters. The van der Waals surface area contributed by atoms with E-state index in [2.05, 4.69) is 40.1 Å². The summed E-state index contributed by atoms with van der Waals surface area (Å²) in [7, 11) is 0. The van der Waals surface area contributed by atoms with Crippen molar-refractivity contribution >= 4 is 69.8 Å². The van der Waals surface area contributed by atoms with Crippen molar-refractivity contribution in [1.29, 1.82) is 0 Å². The molecule has 4 aromatic rings. The van der Waals surface area contributed by atoms with Crippen LogP contribution >= 0.6 is 22.9 Å². The van der Waals surface area contributed by atoms with Gasteiger partial charge in [0.2, 0.25) is 23.6 Å². The number of thiophene rings is 1. The SMILES string of the molecule is Cc1sc2c(c1C)C(c1ccc(Cl)cc1)=N[C@@H](CC(=O)NN1CCN(C(=O)CNc3cccc4c3C(=O)N(C3CCC(=O)NC3=O)C4=O)CC1)c1nnc(C)n1-2. The molecule has 0 spiro atoms. The Morgan fingerprint density at radius 3 is 2.43 bits per heavy atom. The van der Waals surface area contributed by atoms with E-state index in [-0.39, 0.29) is 48.7 Å². The Balaban J connectivity index is 0.903. The molecule has 3 N–H and O–H groups in total. The molecule has 0 radical (unpaired) electrons. The number of rotatable bonds is 8. The van der Waals surface area contributed by atoms with Gasteiger partial charge >= 0.3 is 0 Å². The van der Waals surface area contributed by atoms with Crippen molar-refractivity contribution in [3.8, 4) is 5.00 Å². The summed E-state index contributed by atoms with van der Waals surface area (Å²) in [4.78, 5) is 86.5. The molecule has 288 valence electrons. The van der Waals surface area contributed by atoms with Crippen LogP contribution in [-0.4, -0.2) is 109 Å². The lowest BCUT2D eigenvalue weighted by atomic mass is 9.99. The topological polar surface area (TPSA) is 191 Å². The maximum atomic E-state index is 13.6. The largest absolute Gasteiger partial charge is 0.375 e. The summed E-state index contributed by atoms with van der Waals surface area (Å²) in [6.45, 7) is 7.30. The van der Waals surface area contributed by atoms with E-state index >= 15 is 0 Å². The van der Waals surface area contributed by atoms with Crippen LogP contribution in [0.25, 0.3) is 5.00 Å². The van der Waals surface area contributed by atoms with E-state index in [1.165, 1.54) is 6.07 Å². The fraction of sp³-hybridized carbons (Fsp3) is 0.342. The Bertz CT molecular complexity index is 2360. The molecule has 18 heteroatoms. The molecule has 6 amide bonds. The zero-order valence-electron chi connectivity index (χ0n) is 30.7. The highest BCUT2D eigenvalue weighted by molar-refractivity contribution is 7.15. The van der Waals surface area contributed by atoms with Crippen LogP contribution in [0.5, 0.6) is 0 Å². The highest BCUT2D eigenvalue weighted by Crippen LogP contribution is 2.40. The second kappa shape index (κ2) is 14.7. The zero-order chi connectivity index (χ0) is 39.4. The third-order valence-electron chi connectivity index (χ3n) is 10.5. The molecule has 4 aliphatic heterocycles. The minimum Gasteiger partial charge on any atom is -0.375 e. The standard InChI is InChI=1S/C38H37ClN10O6S/c1-19-20(2)56-38-31(19)33(22-7-9-23(39)10-8-22)41-26(34-44-43-21(3)48(34)38)17-29(51)45-47-15-13-46(14-16-47)30(52)18-40-25-6-4-5-24-32(25)37(55)49(36(24)54)27-11-12-28(50)42-35(27)53/h4-10,26-27,40H,11-18H2,1-3H3,(H,45,51)(H,42,50,53)/t26-,27?/m0/s1. The summed E-state index contributed by atoms with van der Waals surface area (Å²) < 4.78 is 1.99. The van der Waals surface area contributed by atoms with Crippen molar-refractivity contribution in [2.24, 2.45) is 4.99 Å². The summed E-state index contributed by atoms with van der Waals surface area (Å²) in [6.07, 6.45) is 0.0672. The minimum atomic E-state index is -1.09. The summed E-state index contributed by atoms with van der Waals surface area (Å²) >= 11 is 7.87. The average molecular weight is 797 g/mol. The van der Waals surface area contributed by atoms with Gasteiger partial charge in [0.05, 0.1) is 29.8 Å². The first-order valence-corrected chi connectivity index (χ1v) is 19.4. The molecule has 56 heavy (non-hydrogen) atoms. The highest BCUT2D eigenvalue weighted by atomic mass is 35.5. The van der Waals surface area contributed by atoms with Crippen LogP contribution in [0.1, 0.15) is 79.2 Å². The van der Waals surface area contributed by atoms with Gasteiger partial charge in [-0.25, -0.2) is 5.01 Å². The summed E-state index contributed by atoms with van der Waals surface area (Å²) in [6, 6.07) is 10.5. The fourth-order valence-electron chi connectivity index (χ4n) is 7.54. The van der Waals surface area contributed by atoms with Gasteiger partial charge in [0.15, 0.2) is 5.82 Å². The number of anilines is 1. The van der Waals surface area contributed by atoms with Gasteiger partial charge in [0.25, 0.3) is 11.8 Å². The summed E-state index contributed by atoms with van der Waals surface area (Å²) in [5.74, 6) is -1.66. The van der Waals surface area contributed by atoms with Crippen molar-refractivity contribution < 1.29 is 28.8 Å². The van der Waals surface area contributed by atoms with Crippen molar-refractivity contribution in [2.45, 2.75) is 52.1 Å². The molecule has 0 aliphatic carbocycles. The molecule has 8 rings (SSSR count). The highest BCUT2D eigenvalue weighted by Gasteiger charge is 2.45. The van der Waals surface area contributed by atoms with Crippen LogP contribution < -0.4 is 16.1 Å². The predicted octanol–water partition coefficient (Wildman–Crippen LogP) is 2.88. The van der Waals surface area contributed by atoms with Crippen molar-refractivity contribution in [1.82, 2.24) is 40.3 Å². The van der Waals surface area contributed by atoms with Gasteiger partial charge in [0.1, 0.15) is 22.9 Å². The molecule has 0 bridgehead atoms. The Morgan fingerprint density at radius 1 is 0.946 bits per heavy atom. The van der Waals surface area contributed by atoms with E-state index in [4.69, 9.17) is 16.6 Å². The Labute approximate surface area is 329 Å². The number of nitrogens with one attached hydrogen (secondary N) is 3. The number of hydrogen-bond acceptors (Lipinski definition) is 12. The predicted molar refractivity (Wildman–Crippen MR) is 206 cm³/mol. The van der Waals surface area contributed by atoms with E-state index in [1.54, 1.807) is 33.4 Å². The molecule has 0 saturated carbocycles. The van der Waals surface area contributed by atoms with E-state index in [0.717, 1.165) is 37.2 Å². The number of aryl methyl sites for hydroxylation is 2. The van der Waals surface area contributed by atoms with Gasteiger partial charge in [-0.05, 0) is 57.0 Å². The number of carbonyl (C=O) groups is 6.